The van der Waals surface area contributed by atoms with Crippen molar-refractivity contribution >= 4 is 39.4 Å². The third-order valence-electron chi connectivity index (χ3n) is 4.13. The Bertz CT molecular complexity index is 1270. The van der Waals surface area contributed by atoms with Crippen molar-refractivity contribution in [1.82, 2.24) is 25.6 Å². The fourth-order valence-electron chi connectivity index (χ4n) is 2.98. The van der Waals surface area contributed by atoms with Gasteiger partial charge in [-0.3, -0.25) is 4.79 Å². The third-order valence-corrected chi connectivity index (χ3v) is 4.44. The normalized spacial score (nSPS) is 10.6. The smallest absolute Gasteiger partial charge is 1.00 e. The second-order valence-electron chi connectivity index (χ2n) is 5.88. The molecule has 0 atom stereocenters. The van der Waals surface area contributed by atoms with E-state index in [9.17, 15) is 14.7 Å². The number of H-pyrrole nitrogens is 1. The van der Waals surface area contributed by atoms with Crippen molar-refractivity contribution in [2.45, 2.75) is 19.8 Å². The van der Waals surface area contributed by atoms with Crippen molar-refractivity contribution in [3.05, 3.63) is 44.8 Å². The molecule has 3 aromatic heterocycles. The van der Waals surface area contributed by atoms with Crippen LogP contribution in [0.2, 0.25) is 5.02 Å². The number of rotatable bonds is 4. The van der Waals surface area contributed by atoms with Gasteiger partial charge in [0.05, 0.1) is 15.9 Å². The van der Waals surface area contributed by atoms with Crippen LogP contribution in [0.1, 0.15) is 32.3 Å². The molecule has 0 aliphatic carbocycles. The van der Waals surface area contributed by atoms with Crippen LogP contribution < -0.4 is 64.5 Å². The number of tetrazole rings is 1. The number of aromatic nitrogens is 5. The molecule has 0 saturated carbocycles. The van der Waals surface area contributed by atoms with Crippen molar-refractivity contribution < 1.29 is 76.3 Å². The molecule has 0 aliphatic rings. The number of carboxylic acid groups (broad SMARTS) is 1. The van der Waals surface area contributed by atoms with Crippen LogP contribution >= 0.6 is 11.6 Å². The molecule has 4 aromatic rings. The summed E-state index contributed by atoms with van der Waals surface area (Å²) in [5.41, 5.74) is 1.25. The molecule has 0 unspecified atom stereocenters. The number of nitrogens with one attached hydrogen (secondary N) is 1. The first kappa shape index (κ1) is 23.9. The molecule has 0 amide bonds. The minimum atomic E-state index is -1.32. The Labute approximate surface area is 215 Å². The molecular weight excluding hydrogens is 420 g/mol. The van der Waals surface area contributed by atoms with Crippen LogP contribution in [0.15, 0.2) is 27.4 Å². The number of aromatic carboxylic acids is 1. The van der Waals surface area contributed by atoms with Gasteiger partial charge in [-0.25, -0.2) is 9.78 Å². The molecular formula is C17H14ClN5Na2O4. The van der Waals surface area contributed by atoms with Crippen molar-refractivity contribution in [3.63, 3.8) is 0 Å². The molecule has 4 rings (SSSR count). The Morgan fingerprint density at radius 3 is 2.66 bits per heavy atom. The number of aromatic amines is 1. The minimum absolute atomic E-state index is 0. The molecule has 1 aromatic carbocycles. The molecule has 9 nitrogen and oxygen atoms in total. The van der Waals surface area contributed by atoms with Gasteiger partial charge in [0.1, 0.15) is 11.3 Å². The van der Waals surface area contributed by atoms with Gasteiger partial charge >= 0.3 is 65.1 Å². The summed E-state index contributed by atoms with van der Waals surface area (Å²) in [5, 5.41) is 24.1. The van der Waals surface area contributed by atoms with Crippen LogP contribution in [0.5, 0.6) is 0 Å². The predicted octanol–water partition coefficient (Wildman–Crippen LogP) is -2.94. The van der Waals surface area contributed by atoms with Crippen molar-refractivity contribution in [2.24, 2.45) is 0 Å². The number of nitrogens with zero attached hydrogens (tertiary/aromatic N) is 4. The summed E-state index contributed by atoms with van der Waals surface area (Å²) in [6.07, 6.45) is 1.24. The first-order valence-electron chi connectivity index (χ1n) is 8.06. The monoisotopic (exact) mass is 433 g/mol. The summed E-state index contributed by atoms with van der Waals surface area (Å²) >= 11 is 6.43. The van der Waals surface area contributed by atoms with E-state index in [1.165, 1.54) is 0 Å². The average Bonchev–Trinajstić information content (AvgIpc) is 3.17. The van der Waals surface area contributed by atoms with E-state index >= 15 is 0 Å². The zero-order valence-electron chi connectivity index (χ0n) is 18.0. The van der Waals surface area contributed by atoms with E-state index < -0.39 is 17.2 Å². The van der Waals surface area contributed by atoms with Gasteiger partial charge in [0.15, 0.2) is 5.43 Å². The molecule has 140 valence electrons. The van der Waals surface area contributed by atoms with Crippen molar-refractivity contribution in [1.29, 1.82) is 0 Å². The zero-order valence-corrected chi connectivity index (χ0v) is 20.7. The fraction of sp³-hybridized carbons (Fsp3) is 0.176. The Morgan fingerprint density at radius 1 is 1.28 bits per heavy atom. The summed E-state index contributed by atoms with van der Waals surface area (Å²) in [6.45, 7) is 1.95. The van der Waals surface area contributed by atoms with Crippen LogP contribution in [-0.4, -0.2) is 36.7 Å². The van der Waals surface area contributed by atoms with Crippen LogP contribution in [0, 0.1) is 0 Å². The van der Waals surface area contributed by atoms with Crippen LogP contribution in [-0.2, 0) is 6.42 Å². The molecule has 29 heavy (non-hydrogen) atoms. The molecule has 0 aliphatic heterocycles. The number of carbonyl (C=O) groups is 1. The number of fused-ring (bicyclic) bond motifs is 2. The second kappa shape index (κ2) is 9.65. The number of halogens is 1. The van der Waals surface area contributed by atoms with E-state index in [1.807, 2.05) is 6.92 Å². The van der Waals surface area contributed by atoms with Crippen molar-refractivity contribution in [2.75, 3.05) is 0 Å². The van der Waals surface area contributed by atoms with Crippen LogP contribution in [0.25, 0.3) is 33.4 Å². The molecule has 0 fully saturated rings. The number of hydrogen-bond acceptors (Lipinski definition) is 7. The Balaban J connectivity index is 0.00000225. The van der Waals surface area contributed by atoms with Crippen LogP contribution in [0.3, 0.4) is 0 Å². The fourth-order valence-corrected chi connectivity index (χ4v) is 3.23. The molecule has 0 saturated heterocycles. The Morgan fingerprint density at radius 2 is 2.03 bits per heavy atom. The quantitative estimate of drug-likeness (QED) is 0.258. The first-order chi connectivity index (χ1) is 13.0. The maximum atomic E-state index is 12.4. The average molecular weight is 434 g/mol. The number of carboxylic acids is 1. The van der Waals surface area contributed by atoms with Crippen LogP contribution in [0.4, 0.5) is 0 Å². The van der Waals surface area contributed by atoms with Gasteiger partial charge < -0.3 is 12.4 Å². The Kier molecular flexibility index (Phi) is 7.97. The summed E-state index contributed by atoms with van der Waals surface area (Å²) in [7, 11) is 0. The van der Waals surface area contributed by atoms with E-state index in [2.05, 4.69) is 25.6 Å². The first-order valence-corrected chi connectivity index (χ1v) is 8.44. The molecule has 2 N–H and O–H groups in total. The topological polar surface area (TPSA) is 135 Å². The van der Waals surface area contributed by atoms with E-state index in [0.29, 0.717) is 33.6 Å². The predicted molar refractivity (Wildman–Crippen MR) is 99.1 cm³/mol. The number of aryl methyl sites for hydroxylation is 1. The van der Waals surface area contributed by atoms with E-state index in [1.54, 1.807) is 12.1 Å². The number of hydrogen-bond donors (Lipinski definition) is 2. The van der Waals surface area contributed by atoms with Gasteiger partial charge in [0.2, 0.25) is 11.6 Å². The number of pyridine rings is 1. The van der Waals surface area contributed by atoms with Gasteiger partial charge in [-0.05, 0) is 23.8 Å². The SMILES string of the molecule is CCCc1c2nc(-c3nn[nH]n3)cc(Cl)c2cc2c(=O)cc(C(=O)O)oc12.[H-].[H-].[Na+].[Na+]. The van der Waals surface area contributed by atoms with Gasteiger partial charge in [-0.15, -0.1) is 10.2 Å². The minimum Gasteiger partial charge on any atom is -1.00 e. The maximum Gasteiger partial charge on any atom is 1.00 e. The summed E-state index contributed by atoms with van der Waals surface area (Å²) < 4.78 is 5.53. The summed E-state index contributed by atoms with van der Waals surface area (Å²) in [6, 6.07) is 4.11. The van der Waals surface area contributed by atoms with E-state index in [-0.39, 0.29) is 78.8 Å². The standard InChI is InChI=1S/C17H12ClN5O4.2Na.2H/c1-2-3-7-14-8(10(18)5-11(19-14)16-20-22-23-21-16)4-9-12(24)6-13(17(25)26)27-15(7)9;;;;/h4-6H,2-3H2,1H3,(H,25,26)(H,20,21,22,23);;;;/q;2*+1;2*-1. The zero-order chi connectivity index (χ0) is 19.1. The number of benzene rings is 1. The van der Waals surface area contributed by atoms with Gasteiger partial charge in [0.25, 0.3) is 0 Å². The molecule has 3 heterocycles. The van der Waals surface area contributed by atoms with E-state index in [4.69, 9.17) is 16.0 Å². The third kappa shape index (κ3) is 4.41. The summed E-state index contributed by atoms with van der Waals surface area (Å²) in [4.78, 5) is 28.3. The van der Waals surface area contributed by atoms with Gasteiger partial charge in [0, 0.05) is 17.0 Å². The molecule has 0 bridgehead atoms. The largest absolute Gasteiger partial charge is 1.00 e. The van der Waals surface area contributed by atoms with Gasteiger partial charge in [-0.1, -0.05) is 24.9 Å². The maximum absolute atomic E-state index is 12.4. The van der Waals surface area contributed by atoms with Gasteiger partial charge in [-0.2, -0.15) is 5.21 Å². The molecule has 0 spiro atoms. The van der Waals surface area contributed by atoms with Crippen molar-refractivity contribution in [3.8, 4) is 11.5 Å². The second-order valence-corrected chi connectivity index (χ2v) is 6.29. The molecule has 0 radical (unpaired) electrons. The molecule has 12 heteroatoms. The summed E-state index contributed by atoms with van der Waals surface area (Å²) in [5.74, 6) is -1.48. The Hall–Kier alpha value is -1.33. The van der Waals surface area contributed by atoms with E-state index in [0.717, 1.165) is 12.5 Å².